The predicted octanol–water partition coefficient (Wildman–Crippen LogP) is 0.470. The minimum Gasteiger partial charge on any atom is -0.505 e. The molecule has 1 aliphatic heterocycles. The molecular weight excluding hydrogens is 223 g/mol. The summed E-state index contributed by atoms with van der Waals surface area (Å²) in [7, 11) is 0. The molecule has 94 valence electrons. The molecule has 4 nitrogen and oxygen atoms in total. The van der Waals surface area contributed by atoms with Gasteiger partial charge in [0, 0.05) is 31.7 Å². The van der Waals surface area contributed by atoms with Crippen LogP contribution in [0, 0.1) is 5.82 Å². The number of aliphatic hydroxyl groups excluding tert-OH is 1. The minimum atomic E-state index is -0.643. The molecule has 1 fully saturated rings. The Balaban J connectivity index is 2.24. The molecule has 3 N–H and O–H groups in total. The van der Waals surface area contributed by atoms with Crippen LogP contribution in [0.3, 0.4) is 0 Å². The number of aliphatic hydroxyl groups is 1. The van der Waals surface area contributed by atoms with Gasteiger partial charge in [-0.05, 0) is 6.07 Å². The van der Waals surface area contributed by atoms with Gasteiger partial charge < -0.3 is 15.5 Å². The minimum absolute atomic E-state index is 0.128. The van der Waals surface area contributed by atoms with E-state index in [2.05, 4.69) is 5.32 Å². The Hall–Kier alpha value is -1.17. The Morgan fingerprint density at radius 3 is 2.71 bits per heavy atom. The molecule has 1 aliphatic rings. The molecule has 0 aliphatic carbocycles. The third-order valence-electron chi connectivity index (χ3n) is 3.14. The molecule has 0 radical (unpaired) electrons. The molecule has 17 heavy (non-hydrogen) atoms. The maximum Gasteiger partial charge on any atom is 0.165 e. The fourth-order valence-electron chi connectivity index (χ4n) is 2.21. The van der Waals surface area contributed by atoms with Gasteiger partial charge >= 0.3 is 0 Å². The molecule has 0 amide bonds. The van der Waals surface area contributed by atoms with E-state index in [0.29, 0.717) is 5.56 Å². The van der Waals surface area contributed by atoms with Crippen molar-refractivity contribution in [3.8, 4) is 5.75 Å². The van der Waals surface area contributed by atoms with Crippen LogP contribution in [0.15, 0.2) is 18.2 Å². The van der Waals surface area contributed by atoms with Gasteiger partial charge in [0.05, 0.1) is 12.6 Å². The van der Waals surface area contributed by atoms with Gasteiger partial charge in [-0.1, -0.05) is 12.1 Å². The number of nitrogens with one attached hydrogen (secondary N) is 1. The van der Waals surface area contributed by atoms with Crippen LogP contribution in [-0.2, 0) is 0 Å². The average Bonchev–Trinajstić information content (AvgIpc) is 2.37. The van der Waals surface area contributed by atoms with E-state index in [-0.39, 0.29) is 18.4 Å². The zero-order chi connectivity index (χ0) is 12.3. The Bertz CT molecular complexity index is 381. The highest BCUT2D eigenvalue weighted by molar-refractivity contribution is 5.36. The molecule has 1 saturated heterocycles. The predicted molar refractivity (Wildman–Crippen MR) is 62.3 cm³/mol. The second-order valence-corrected chi connectivity index (χ2v) is 4.16. The normalized spacial score (nSPS) is 19.2. The summed E-state index contributed by atoms with van der Waals surface area (Å²) in [5, 5.41) is 22.4. The second-order valence-electron chi connectivity index (χ2n) is 4.16. The second kappa shape index (κ2) is 5.44. The number of piperazine rings is 1. The number of hydrogen-bond donors (Lipinski definition) is 3. The molecule has 0 spiro atoms. The topological polar surface area (TPSA) is 55.7 Å². The van der Waals surface area contributed by atoms with E-state index in [0.717, 1.165) is 26.2 Å². The highest BCUT2D eigenvalue weighted by Gasteiger charge is 2.24. The van der Waals surface area contributed by atoms with Crippen molar-refractivity contribution in [3.63, 3.8) is 0 Å². The van der Waals surface area contributed by atoms with Crippen molar-refractivity contribution in [1.82, 2.24) is 10.2 Å². The van der Waals surface area contributed by atoms with E-state index < -0.39 is 5.82 Å². The Kier molecular flexibility index (Phi) is 3.93. The van der Waals surface area contributed by atoms with Gasteiger partial charge in [-0.3, -0.25) is 4.90 Å². The fraction of sp³-hybridized carbons (Fsp3) is 0.500. The first kappa shape index (κ1) is 12.3. The largest absolute Gasteiger partial charge is 0.505 e. The quantitative estimate of drug-likeness (QED) is 0.719. The van der Waals surface area contributed by atoms with Crippen LogP contribution < -0.4 is 5.32 Å². The Morgan fingerprint density at radius 1 is 1.35 bits per heavy atom. The molecule has 1 aromatic rings. The summed E-state index contributed by atoms with van der Waals surface area (Å²) in [6.07, 6.45) is 0. The van der Waals surface area contributed by atoms with Crippen LogP contribution in [0.1, 0.15) is 11.6 Å². The molecule has 1 aromatic carbocycles. The molecule has 1 heterocycles. The third-order valence-corrected chi connectivity index (χ3v) is 3.14. The smallest absolute Gasteiger partial charge is 0.165 e. The number of phenolic OH excluding ortho intramolecular Hbond substituents is 1. The summed E-state index contributed by atoms with van der Waals surface area (Å²) in [6, 6.07) is 4.08. The van der Waals surface area contributed by atoms with Gasteiger partial charge in [-0.25, -0.2) is 4.39 Å². The number of aromatic hydroxyl groups is 1. The lowest BCUT2D eigenvalue weighted by molar-refractivity contribution is 0.108. The van der Waals surface area contributed by atoms with E-state index in [9.17, 15) is 14.6 Å². The van der Waals surface area contributed by atoms with Crippen LogP contribution in [0.4, 0.5) is 4.39 Å². The van der Waals surface area contributed by atoms with Gasteiger partial charge in [-0.2, -0.15) is 0 Å². The Labute approximate surface area is 99.7 Å². The van der Waals surface area contributed by atoms with Crippen molar-refractivity contribution >= 4 is 0 Å². The number of para-hydroxylation sites is 1. The zero-order valence-corrected chi connectivity index (χ0v) is 9.56. The summed E-state index contributed by atoms with van der Waals surface area (Å²) in [5.41, 5.74) is 0.453. The summed E-state index contributed by atoms with van der Waals surface area (Å²) in [6.45, 7) is 3.11. The molecule has 0 unspecified atom stereocenters. The van der Waals surface area contributed by atoms with E-state index in [1.165, 1.54) is 6.07 Å². The van der Waals surface area contributed by atoms with Gasteiger partial charge in [-0.15, -0.1) is 0 Å². The molecule has 0 aromatic heterocycles. The number of nitrogens with zero attached hydrogens (tertiary/aromatic N) is 1. The highest BCUT2D eigenvalue weighted by atomic mass is 19.1. The lowest BCUT2D eigenvalue weighted by atomic mass is 10.0. The number of phenols is 1. The monoisotopic (exact) mass is 240 g/mol. The van der Waals surface area contributed by atoms with Crippen LogP contribution in [-0.4, -0.2) is 47.9 Å². The molecule has 2 rings (SSSR count). The first-order valence-corrected chi connectivity index (χ1v) is 5.77. The maximum absolute atomic E-state index is 13.3. The SMILES string of the molecule is OC[C@H](c1cccc(F)c1O)N1CCNCC1. The maximum atomic E-state index is 13.3. The van der Waals surface area contributed by atoms with Crippen LogP contribution in [0.25, 0.3) is 0 Å². The number of hydrogen-bond acceptors (Lipinski definition) is 4. The highest BCUT2D eigenvalue weighted by Crippen LogP contribution is 2.30. The van der Waals surface area contributed by atoms with Crippen LogP contribution in [0.2, 0.25) is 0 Å². The lowest BCUT2D eigenvalue weighted by Crippen LogP contribution is -2.46. The van der Waals surface area contributed by atoms with Crippen molar-refractivity contribution in [3.05, 3.63) is 29.6 Å². The summed E-state index contributed by atoms with van der Waals surface area (Å²) in [5.74, 6) is -0.999. The summed E-state index contributed by atoms with van der Waals surface area (Å²) >= 11 is 0. The fourth-order valence-corrected chi connectivity index (χ4v) is 2.21. The summed E-state index contributed by atoms with van der Waals surface area (Å²) in [4.78, 5) is 2.05. The van der Waals surface area contributed by atoms with Gasteiger partial charge in [0.2, 0.25) is 0 Å². The zero-order valence-electron chi connectivity index (χ0n) is 9.56. The van der Waals surface area contributed by atoms with Crippen molar-refractivity contribution in [1.29, 1.82) is 0 Å². The van der Waals surface area contributed by atoms with E-state index in [1.54, 1.807) is 12.1 Å². The summed E-state index contributed by atoms with van der Waals surface area (Å²) < 4.78 is 13.3. The van der Waals surface area contributed by atoms with E-state index >= 15 is 0 Å². The standard InChI is InChI=1S/C12H17FN2O2/c13-10-3-1-2-9(12(10)17)11(8-16)15-6-4-14-5-7-15/h1-3,11,14,16-17H,4-8H2/t11-/m1/s1. The van der Waals surface area contributed by atoms with Crippen molar-refractivity contribution in [2.75, 3.05) is 32.8 Å². The Morgan fingerprint density at radius 2 is 2.06 bits per heavy atom. The molecule has 5 heteroatoms. The molecule has 0 saturated carbocycles. The lowest BCUT2D eigenvalue weighted by Gasteiger charge is -2.34. The van der Waals surface area contributed by atoms with E-state index in [1.807, 2.05) is 4.90 Å². The molecule has 1 atom stereocenters. The van der Waals surface area contributed by atoms with Crippen molar-refractivity contribution in [2.24, 2.45) is 0 Å². The number of benzene rings is 1. The van der Waals surface area contributed by atoms with Gasteiger partial charge in [0.1, 0.15) is 0 Å². The van der Waals surface area contributed by atoms with Crippen molar-refractivity contribution in [2.45, 2.75) is 6.04 Å². The van der Waals surface area contributed by atoms with Crippen LogP contribution in [0.5, 0.6) is 5.75 Å². The van der Waals surface area contributed by atoms with E-state index in [4.69, 9.17) is 0 Å². The average molecular weight is 240 g/mol. The van der Waals surface area contributed by atoms with Crippen LogP contribution >= 0.6 is 0 Å². The molecular formula is C12H17FN2O2. The first-order valence-electron chi connectivity index (χ1n) is 5.77. The first-order chi connectivity index (χ1) is 8.24. The van der Waals surface area contributed by atoms with Gasteiger partial charge in [0.15, 0.2) is 11.6 Å². The van der Waals surface area contributed by atoms with Crippen molar-refractivity contribution < 1.29 is 14.6 Å². The number of halogens is 1. The molecule has 0 bridgehead atoms. The third kappa shape index (κ3) is 2.57. The van der Waals surface area contributed by atoms with Gasteiger partial charge in [0.25, 0.3) is 0 Å². The number of rotatable bonds is 3.